The second-order valence-corrected chi connectivity index (χ2v) is 7.96. The molecule has 1 aliphatic carbocycles. The molecule has 3 aromatic carbocycles. The Morgan fingerprint density at radius 3 is 2.62 bits per heavy atom. The van der Waals surface area contributed by atoms with Gasteiger partial charge in [-0.25, -0.2) is 0 Å². The van der Waals surface area contributed by atoms with Gasteiger partial charge in [-0.1, -0.05) is 72.3 Å². The van der Waals surface area contributed by atoms with Crippen LogP contribution in [0.1, 0.15) is 47.9 Å². The lowest BCUT2D eigenvalue weighted by atomic mass is 9.65. The maximum atomic E-state index is 4.50. The molecule has 1 aliphatic heterocycles. The predicted molar refractivity (Wildman–Crippen MR) is 111 cm³/mol. The van der Waals surface area contributed by atoms with Gasteiger partial charge in [-0.3, -0.25) is 0 Å². The van der Waals surface area contributed by atoms with Crippen LogP contribution >= 0.6 is 0 Å². The van der Waals surface area contributed by atoms with Gasteiger partial charge in [0.2, 0.25) is 0 Å². The smallest absolute Gasteiger partial charge is 0.0585 e. The minimum Gasteiger partial charge on any atom is -0.377 e. The fraction of sp³-hybridized carbons (Fsp3) is 0.280. The van der Waals surface area contributed by atoms with Crippen molar-refractivity contribution in [2.24, 2.45) is 5.92 Å². The van der Waals surface area contributed by atoms with E-state index in [0.717, 1.165) is 6.42 Å². The third kappa shape index (κ3) is 2.38. The van der Waals surface area contributed by atoms with Gasteiger partial charge < -0.3 is 5.32 Å². The zero-order chi connectivity index (χ0) is 17.7. The van der Waals surface area contributed by atoms with Crippen LogP contribution in [0.25, 0.3) is 10.8 Å². The van der Waals surface area contributed by atoms with Crippen molar-refractivity contribution in [1.82, 2.24) is 0 Å². The highest BCUT2D eigenvalue weighted by Gasteiger charge is 2.41. The molecule has 2 aliphatic rings. The Hall–Kier alpha value is -2.54. The summed E-state index contributed by atoms with van der Waals surface area (Å²) in [5.74, 6) is 1.04. The Bertz CT molecular complexity index is 983. The molecule has 1 nitrogen and oxygen atoms in total. The molecule has 1 N–H and O–H groups in total. The summed E-state index contributed by atoms with van der Waals surface area (Å²) < 4.78 is 0. The van der Waals surface area contributed by atoms with Crippen LogP contribution in [0.5, 0.6) is 0 Å². The first-order valence-electron chi connectivity index (χ1n) is 9.75. The van der Waals surface area contributed by atoms with Gasteiger partial charge in [0.25, 0.3) is 0 Å². The van der Waals surface area contributed by atoms with Crippen molar-refractivity contribution in [1.29, 1.82) is 0 Å². The summed E-state index contributed by atoms with van der Waals surface area (Å²) in [5.41, 5.74) is 6.93. The normalized spacial score (nSPS) is 24.7. The van der Waals surface area contributed by atoms with Crippen molar-refractivity contribution in [3.8, 4) is 0 Å². The fourth-order valence-corrected chi connectivity index (χ4v) is 5.11. The number of fused-ring (bicyclic) bond motifs is 5. The largest absolute Gasteiger partial charge is 0.377 e. The molecule has 3 aromatic rings. The molecule has 1 fully saturated rings. The van der Waals surface area contributed by atoms with Crippen LogP contribution in [-0.2, 0) is 0 Å². The molecule has 0 amide bonds. The third-order valence-electron chi connectivity index (χ3n) is 6.37. The number of benzene rings is 3. The SMILES string of the molecule is C=C1CCCC2c3c(ccc4ccccc34)NC(c3ccc(C)cc3)C12. The molecule has 26 heavy (non-hydrogen) atoms. The van der Waals surface area contributed by atoms with Crippen LogP contribution in [0, 0.1) is 12.8 Å². The molecular formula is C25H25N. The van der Waals surface area contributed by atoms with Crippen molar-refractivity contribution in [3.63, 3.8) is 0 Å². The predicted octanol–water partition coefficient (Wildman–Crippen LogP) is 6.75. The first kappa shape index (κ1) is 15.7. The number of hydrogen-bond acceptors (Lipinski definition) is 1. The van der Waals surface area contributed by atoms with Gasteiger partial charge in [-0.2, -0.15) is 0 Å². The molecule has 0 radical (unpaired) electrons. The Morgan fingerprint density at radius 2 is 1.77 bits per heavy atom. The van der Waals surface area contributed by atoms with E-state index in [0.29, 0.717) is 17.9 Å². The highest BCUT2D eigenvalue weighted by molar-refractivity contribution is 5.91. The Labute approximate surface area is 155 Å². The van der Waals surface area contributed by atoms with Gasteiger partial charge in [0, 0.05) is 11.6 Å². The summed E-state index contributed by atoms with van der Waals surface area (Å²) in [6.07, 6.45) is 3.67. The third-order valence-corrected chi connectivity index (χ3v) is 6.37. The molecule has 3 unspecified atom stereocenters. The van der Waals surface area contributed by atoms with Crippen molar-refractivity contribution in [3.05, 3.63) is 89.5 Å². The lowest BCUT2D eigenvalue weighted by Crippen LogP contribution is -2.35. The average Bonchev–Trinajstić information content (AvgIpc) is 2.68. The molecule has 1 saturated carbocycles. The second-order valence-electron chi connectivity index (χ2n) is 7.96. The van der Waals surface area contributed by atoms with Gasteiger partial charge in [0.15, 0.2) is 0 Å². The monoisotopic (exact) mass is 339 g/mol. The fourth-order valence-electron chi connectivity index (χ4n) is 5.11. The van der Waals surface area contributed by atoms with Crippen LogP contribution in [-0.4, -0.2) is 0 Å². The van der Waals surface area contributed by atoms with Gasteiger partial charge in [0.05, 0.1) is 6.04 Å². The van der Waals surface area contributed by atoms with Gasteiger partial charge in [0.1, 0.15) is 0 Å². The molecule has 0 saturated heterocycles. The molecule has 0 aromatic heterocycles. The van der Waals surface area contributed by atoms with E-state index >= 15 is 0 Å². The standard InChI is InChI=1S/C25H25N/c1-16-10-12-19(13-11-16)25-23-17(2)6-5-9-21(23)24-20-8-4-3-7-18(20)14-15-22(24)26-25/h3-4,7-8,10-15,21,23,25-26H,2,5-6,9H2,1H3. The summed E-state index contributed by atoms with van der Waals surface area (Å²) >= 11 is 0. The van der Waals surface area contributed by atoms with E-state index < -0.39 is 0 Å². The van der Waals surface area contributed by atoms with E-state index in [1.165, 1.54) is 51.6 Å². The first-order valence-corrected chi connectivity index (χ1v) is 9.75. The lowest BCUT2D eigenvalue weighted by Gasteiger charge is -2.45. The molecule has 1 heteroatoms. The van der Waals surface area contributed by atoms with Crippen molar-refractivity contribution < 1.29 is 0 Å². The van der Waals surface area contributed by atoms with E-state index in [2.05, 4.69) is 79.5 Å². The molecule has 1 heterocycles. The molecule has 5 rings (SSSR count). The maximum Gasteiger partial charge on any atom is 0.0585 e. The Kier molecular flexibility index (Phi) is 3.63. The summed E-state index contributed by atoms with van der Waals surface area (Å²) in [6, 6.07) is 22.7. The minimum atomic E-state index is 0.321. The number of anilines is 1. The van der Waals surface area contributed by atoms with E-state index in [9.17, 15) is 0 Å². The Balaban J connectivity index is 1.70. The number of rotatable bonds is 1. The van der Waals surface area contributed by atoms with Gasteiger partial charge >= 0.3 is 0 Å². The molecule has 0 spiro atoms. The summed E-state index contributed by atoms with van der Waals surface area (Å²) in [6.45, 7) is 6.66. The quantitative estimate of drug-likeness (QED) is 0.483. The highest BCUT2D eigenvalue weighted by atomic mass is 15.0. The molecule has 130 valence electrons. The van der Waals surface area contributed by atoms with E-state index in [1.54, 1.807) is 0 Å². The highest BCUT2D eigenvalue weighted by Crippen LogP contribution is 2.54. The zero-order valence-electron chi connectivity index (χ0n) is 15.3. The second kappa shape index (κ2) is 6.02. The number of aryl methyl sites for hydroxylation is 1. The molecule has 0 bridgehead atoms. The molecular weight excluding hydrogens is 314 g/mol. The summed E-state index contributed by atoms with van der Waals surface area (Å²) in [5, 5.41) is 6.64. The molecule has 3 atom stereocenters. The Morgan fingerprint density at radius 1 is 0.962 bits per heavy atom. The van der Waals surface area contributed by atoms with Crippen LogP contribution < -0.4 is 5.32 Å². The average molecular weight is 339 g/mol. The topological polar surface area (TPSA) is 12.0 Å². The van der Waals surface area contributed by atoms with Crippen LogP contribution in [0.2, 0.25) is 0 Å². The zero-order valence-corrected chi connectivity index (χ0v) is 15.3. The van der Waals surface area contributed by atoms with Crippen LogP contribution in [0.15, 0.2) is 72.8 Å². The first-order chi connectivity index (χ1) is 12.7. The van der Waals surface area contributed by atoms with E-state index in [4.69, 9.17) is 0 Å². The number of hydrogen-bond donors (Lipinski definition) is 1. The van der Waals surface area contributed by atoms with Gasteiger partial charge in [-0.05, 0) is 60.1 Å². The minimum absolute atomic E-state index is 0.321. The van der Waals surface area contributed by atoms with E-state index in [1.807, 2.05) is 0 Å². The number of nitrogens with one attached hydrogen (secondary N) is 1. The van der Waals surface area contributed by atoms with Crippen LogP contribution in [0.4, 0.5) is 5.69 Å². The van der Waals surface area contributed by atoms with E-state index in [-0.39, 0.29) is 0 Å². The maximum absolute atomic E-state index is 4.50. The summed E-state index contributed by atoms with van der Waals surface area (Å²) in [4.78, 5) is 0. The summed E-state index contributed by atoms with van der Waals surface area (Å²) in [7, 11) is 0. The van der Waals surface area contributed by atoms with Crippen molar-refractivity contribution in [2.75, 3.05) is 5.32 Å². The van der Waals surface area contributed by atoms with Crippen molar-refractivity contribution in [2.45, 2.75) is 38.1 Å². The van der Waals surface area contributed by atoms with Gasteiger partial charge in [-0.15, -0.1) is 0 Å². The lowest BCUT2D eigenvalue weighted by molar-refractivity contribution is 0.342. The van der Waals surface area contributed by atoms with Crippen molar-refractivity contribution >= 4 is 16.5 Å². The van der Waals surface area contributed by atoms with Crippen LogP contribution in [0.3, 0.4) is 0 Å².